The Labute approximate surface area is 170 Å². The third-order valence-corrected chi connectivity index (χ3v) is 5.02. The number of carbonyl (C=O) groups is 1. The van der Waals surface area contributed by atoms with E-state index in [2.05, 4.69) is 10.3 Å². The molecule has 1 saturated carbocycles. The molecule has 2 aromatic carbocycles. The number of para-hydroxylation sites is 2. The number of nitrogens with one attached hydrogen (secondary N) is 1. The van der Waals surface area contributed by atoms with E-state index in [0.717, 1.165) is 5.39 Å². The van der Waals surface area contributed by atoms with E-state index < -0.39 is 18.9 Å². The Hall–Kier alpha value is -3.13. The Kier molecular flexibility index (Phi) is 5.34. The number of carbonyl (C=O) groups excluding carboxylic acids is 1. The molecule has 8 heteroatoms. The highest BCUT2D eigenvalue weighted by Gasteiger charge is 2.33. The largest absolute Gasteiger partial charge is 0.483 e. The molecule has 30 heavy (non-hydrogen) atoms. The first kappa shape index (κ1) is 20.2. The van der Waals surface area contributed by atoms with Gasteiger partial charge < -0.3 is 15.2 Å². The maximum Gasteiger partial charge on any atom is 0.422 e. The summed E-state index contributed by atoms with van der Waals surface area (Å²) >= 11 is 0. The van der Waals surface area contributed by atoms with Crippen LogP contribution in [0.15, 0.2) is 54.6 Å². The van der Waals surface area contributed by atoms with Crippen LogP contribution >= 0.6 is 0 Å². The van der Waals surface area contributed by atoms with Gasteiger partial charge in [-0.3, -0.25) is 4.79 Å². The molecule has 1 aromatic heterocycles. The van der Waals surface area contributed by atoms with Gasteiger partial charge in [0.15, 0.2) is 6.61 Å². The first-order valence-corrected chi connectivity index (χ1v) is 9.48. The minimum absolute atomic E-state index is 0.0991. The quantitative estimate of drug-likeness (QED) is 0.640. The highest BCUT2D eigenvalue weighted by Crippen LogP contribution is 2.35. The molecule has 156 valence electrons. The van der Waals surface area contributed by atoms with Crippen molar-refractivity contribution in [2.24, 2.45) is 5.92 Å². The van der Waals surface area contributed by atoms with Crippen LogP contribution in [0.25, 0.3) is 22.0 Å². The summed E-state index contributed by atoms with van der Waals surface area (Å²) < 4.78 is 42.9. The highest BCUT2D eigenvalue weighted by molar-refractivity contribution is 5.98. The van der Waals surface area contributed by atoms with E-state index in [0.29, 0.717) is 35.3 Å². The van der Waals surface area contributed by atoms with Crippen molar-refractivity contribution in [2.75, 3.05) is 11.9 Å². The fraction of sp³-hybridized carbons (Fsp3) is 0.273. The van der Waals surface area contributed by atoms with Crippen LogP contribution in [0.1, 0.15) is 12.8 Å². The molecule has 0 radical (unpaired) electrons. The molecule has 2 N–H and O–H groups in total. The molecule has 0 atom stereocenters. The number of hydrogen-bond donors (Lipinski definition) is 2. The lowest BCUT2D eigenvalue weighted by Gasteiger charge is -2.29. The van der Waals surface area contributed by atoms with E-state index in [1.165, 1.54) is 6.07 Å². The molecule has 1 aliphatic carbocycles. The van der Waals surface area contributed by atoms with Crippen LogP contribution in [0.2, 0.25) is 0 Å². The minimum atomic E-state index is -4.45. The number of alkyl halides is 3. The van der Waals surface area contributed by atoms with Crippen molar-refractivity contribution < 1.29 is 27.8 Å². The van der Waals surface area contributed by atoms with Gasteiger partial charge in [0.05, 0.1) is 11.6 Å². The Bertz CT molecular complexity index is 1080. The highest BCUT2D eigenvalue weighted by atomic mass is 19.4. The normalized spacial score (nSPS) is 18.7. The number of benzene rings is 2. The minimum Gasteiger partial charge on any atom is -0.483 e. The summed E-state index contributed by atoms with van der Waals surface area (Å²) in [5.74, 6) is -0.0140. The standard InChI is InChI=1S/C22H19F3N2O3/c23-22(24,25)12-30-18-7-2-1-5-16(18)17-6-3-4-13-8-9-19(26-20(13)17)27-21(29)14-10-15(28)11-14/h1-9,14-15,28H,10-12H2,(H,26,27,29)/t14-,15-. The molecule has 0 spiro atoms. The van der Waals surface area contributed by atoms with Gasteiger partial charge in [-0.2, -0.15) is 13.2 Å². The van der Waals surface area contributed by atoms with Crippen LogP contribution in [0.3, 0.4) is 0 Å². The summed E-state index contributed by atoms with van der Waals surface area (Å²) in [5, 5.41) is 12.9. The lowest BCUT2D eigenvalue weighted by atomic mass is 9.82. The van der Waals surface area contributed by atoms with E-state index in [1.54, 1.807) is 42.5 Å². The number of nitrogens with zero attached hydrogens (tertiary/aromatic N) is 1. The Morgan fingerprint density at radius 3 is 2.53 bits per heavy atom. The summed E-state index contributed by atoms with van der Waals surface area (Å²) in [6, 6.07) is 15.3. The summed E-state index contributed by atoms with van der Waals surface area (Å²) in [6.45, 7) is -1.39. The molecule has 1 aliphatic rings. The Balaban J connectivity index is 1.67. The predicted octanol–water partition coefficient (Wildman–Crippen LogP) is 4.55. The molecule has 1 amide bonds. The number of fused-ring (bicyclic) bond motifs is 1. The van der Waals surface area contributed by atoms with Gasteiger partial charge in [-0.05, 0) is 31.0 Å². The SMILES string of the molecule is O=C(Nc1ccc2cccc(-c3ccccc3OCC(F)(F)F)c2n1)[C@H]1C[C@H](O)C1. The number of hydrogen-bond acceptors (Lipinski definition) is 4. The van der Waals surface area contributed by atoms with Gasteiger partial charge in [-0.15, -0.1) is 0 Å². The van der Waals surface area contributed by atoms with Gasteiger partial charge in [-0.1, -0.05) is 36.4 Å². The van der Waals surface area contributed by atoms with Gasteiger partial charge in [-0.25, -0.2) is 4.98 Å². The van der Waals surface area contributed by atoms with Crippen molar-refractivity contribution in [2.45, 2.75) is 25.1 Å². The lowest BCUT2D eigenvalue weighted by molar-refractivity contribution is -0.153. The fourth-order valence-corrected chi connectivity index (χ4v) is 3.44. The van der Waals surface area contributed by atoms with Crippen LogP contribution in [-0.4, -0.2) is 34.9 Å². The molecule has 3 aromatic rings. The van der Waals surface area contributed by atoms with Crippen LogP contribution in [0.4, 0.5) is 19.0 Å². The van der Waals surface area contributed by atoms with E-state index in [9.17, 15) is 23.1 Å². The summed E-state index contributed by atoms with van der Waals surface area (Å²) in [7, 11) is 0. The van der Waals surface area contributed by atoms with E-state index in [4.69, 9.17) is 4.74 Å². The average Bonchev–Trinajstić information content (AvgIpc) is 2.69. The molecular formula is C22H19F3N2O3. The van der Waals surface area contributed by atoms with Gasteiger partial charge in [0, 0.05) is 22.4 Å². The smallest absolute Gasteiger partial charge is 0.422 e. The maximum atomic E-state index is 12.6. The maximum absolute atomic E-state index is 12.6. The number of aliphatic hydroxyl groups is 1. The van der Waals surface area contributed by atoms with Crippen LogP contribution in [0, 0.1) is 5.92 Å². The topological polar surface area (TPSA) is 71.5 Å². The molecule has 0 aliphatic heterocycles. The van der Waals surface area contributed by atoms with Crippen molar-refractivity contribution in [1.82, 2.24) is 4.98 Å². The van der Waals surface area contributed by atoms with E-state index in [-0.39, 0.29) is 17.6 Å². The zero-order valence-corrected chi connectivity index (χ0v) is 15.8. The molecule has 4 rings (SSSR count). The first-order chi connectivity index (χ1) is 14.3. The van der Waals surface area contributed by atoms with Crippen LogP contribution < -0.4 is 10.1 Å². The van der Waals surface area contributed by atoms with Crippen molar-refractivity contribution >= 4 is 22.6 Å². The Morgan fingerprint density at radius 2 is 1.80 bits per heavy atom. The van der Waals surface area contributed by atoms with Gasteiger partial charge in [0.2, 0.25) is 5.91 Å². The number of halogens is 3. The van der Waals surface area contributed by atoms with Crippen molar-refractivity contribution in [3.05, 3.63) is 54.6 Å². The van der Waals surface area contributed by atoms with Crippen LogP contribution in [-0.2, 0) is 4.79 Å². The molecular weight excluding hydrogens is 397 g/mol. The van der Waals surface area contributed by atoms with Crippen LogP contribution in [0.5, 0.6) is 5.75 Å². The second kappa shape index (κ2) is 7.95. The Morgan fingerprint density at radius 1 is 1.07 bits per heavy atom. The number of amides is 1. The van der Waals surface area contributed by atoms with Gasteiger partial charge >= 0.3 is 6.18 Å². The predicted molar refractivity (Wildman–Crippen MR) is 106 cm³/mol. The molecule has 1 fully saturated rings. The molecule has 0 saturated heterocycles. The van der Waals surface area contributed by atoms with Crippen molar-refractivity contribution in [3.63, 3.8) is 0 Å². The fourth-order valence-electron chi connectivity index (χ4n) is 3.44. The molecule has 5 nitrogen and oxygen atoms in total. The number of ether oxygens (including phenoxy) is 1. The first-order valence-electron chi connectivity index (χ1n) is 9.48. The number of aromatic nitrogens is 1. The van der Waals surface area contributed by atoms with E-state index in [1.807, 2.05) is 6.07 Å². The third kappa shape index (κ3) is 4.38. The second-order valence-electron chi connectivity index (χ2n) is 7.29. The second-order valence-corrected chi connectivity index (χ2v) is 7.29. The molecule has 0 bridgehead atoms. The summed E-state index contributed by atoms with van der Waals surface area (Å²) in [4.78, 5) is 16.8. The zero-order chi connectivity index (χ0) is 21.3. The monoisotopic (exact) mass is 416 g/mol. The third-order valence-electron chi connectivity index (χ3n) is 5.02. The number of rotatable bonds is 5. The zero-order valence-electron chi connectivity index (χ0n) is 15.8. The number of anilines is 1. The number of pyridine rings is 1. The molecule has 1 heterocycles. The summed E-state index contributed by atoms with van der Waals surface area (Å²) in [6.07, 6.45) is -4.04. The lowest BCUT2D eigenvalue weighted by Crippen LogP contribution is -2.37. The summed E-state index contributed by atoms with van der Waals surface area (Å²) in [5.41, 5.74) is 1.61. The average molecular weight is 416 g/mol. The number of aliphatic hydroxyl groups excluding tert-OH is 1. The van der Waals surface area contributed by atoms with Crippen molar-refractivity contribution in [3.8, 4) is 16.9 Å². The van der Waals surface area contributed by atoms with Gasteiger partial charge in [0.1, 0.15) is 11.6 Å². The molecule has 0 unspecified atom stereocenters. The van der Waals surface area contributed by atoms with Crippen molar-refractivity contribution in [1.29, 1.82) is 0 Å². The van der Waals surface area contributed by atoms with Gasteiger partial charge in [0.25, 0.3) is 0 Å². The van der Waals surface area contributed by atoms with E-state index >= 15 is 0 Å².